The van der Waals surface area contributed by atoms with Crippen LogP contribution in [0.3, 0.4) is 0 Å². The van der Waals surface area contributed by atoms with E-state index in [-0.39, 0.29) is 18.0 Å². The van der Waals surface area contributed by atoms with Crippen LogP contribution in [0.5, 0.6) is 0 Å². The fourth-order valence-corrected chi connectivity index (χ4v) is 1.90. The van der Waals surface area contributed by atoms with E-state index in [0.29, 0.717) is 6.61 Å². The maximum absolute atomic E-state index is 11.5. The lowest BCUT2D eigenvalue weighted by Crippen LogP contribution is -2.34. The molecule has 13 heavy (non-hydrogen) atoms. The van der Waals surface area contributed by atoms with Crippen molar-refractivity contribution in [2.75, 3.05) is 13.7 Å². The number of esters is 1. The first-order valence-corrected chi connectivity index (χ1v) is 4.99. The zero-order valence-electron chi connectivity index (χ0n) is 8.41. The van der Waals surface area contributed by atoms with Gasteiger partial charge in [0.25, 0.3) is 0 Å². The molecule has 0 spiro atoms. The molecule has 0 aromatic heterocycles. The standard InChI is InChI=1S/C10H18O3/c1-3-13-10(11)8-6-4-5-7-9(8)12-2/h8-9H,3-7H2,1-2H3. The average molecular weight is 186 g/mol. The van der Waals surface area contributed by atoms with Crippen LogP contribution in [0.4, 0.5) is 0 Å². The van der Waals surface area contributed by atoms with Crippen molar-refractivity contribution in [3.8, 4) is 0 Å². The summed E-state index contributed by atoms with van der Waals surface area (Å²) in [6, 6.07) is 0. The van der Waals surface area contributed by atoms with Gasteiger partial charge in [-0.25, -0.2) is 0 Å². The van der Waals surface area contributed by atoms with Gasteiger partial charge in [-0.05, 0) is 19.8 Å². The maximum atomic E-state index is 11.5. The summed E-state index contributed by atoms with van der Waals surface area (Å²) in [4.78, 5) is 11.5. The molecule has 0 bridgehead atoms. The summed E-state index contributed by atoms with van der Waals surface area (Å²) in [5.41, 5.74) is 0. The second-order valence-electron chi connectivity index (χ2n) is 3.42. The van der Waals surface area contributed by atoms with Crippen molar-refractivity contribution >= 4 is 5.97 Å². The first-order valence-electron chi connectivity index (χ1n) is 4.99. The molecular weight excluding hydrogens is 168 g/mol. The Bertz CT molecular complexity index is 168. The predicted molar refractivity (Wildman–Crippen MR) is 49.4 cm³/mol. The molecule has 0 radical (unpaired) electrons. The Morgan fingerprint density at radius 1 is 1.38 bits per heavy atom. The summed E-state index contributed by atoms with van der Waals surface area (Å²) >= 11 is 0. The lowest BCUT2D eigenvalue weighted by molar-refractivity contribution is -0.154. The largest absolute Gasteiger partial charge is 0.466 e. The second-order valence-corrected chi connectivity index (χ2v) is 3.42. The summed E-state index contributed by atoms with van der Waals surface area (Å²) in [5.74, 6) is -0.118. The fourth-order valence-electron chi connectivity index (χ4n) is 1.90. The van der Waals surface area contributed by atoms with Crippen molar-refractivity contribution in [2.45, 2.75) is 38.7 Å². The second kappa shape index (κ2) is 5.22. The van der Waals surface area contributed by atoms with Gasteiger partial charge in [-0.3, -0.25) is 4.79 Å². The molecule has 1 aliphatic carbocycles. The molecule has 0 N–H and O–H groups in total. The van der Waals surface area contributed by atoms with Crippen molar-refractivity contribution in [1.29, 1.82) is 0 Å². The highest BCUT2D eigenvalue weighted by molar-refractivity contribution is 5.73. The van der Waals surface area contributed by atoms with Gasteiger partial charge in [0.2, 0.25) is 0 Å². The molecule has 1 aliphatic rings. The van der Waals surface area contributed by atoms with Crippen LogP contribution in [0.25, 0.3) is 0 Å². The van der Waals surface area contributed by atoms with Crippen LogP contribution >= 0.6 is 0 Å². The molecule has 0 amide bonds. The Labute approximate surface area is 79.4 Å². The summed E-state index contributed by atoms with van der Waals surface area (Å²) < 4.78 is 10.3. The Kier molecular flexibility index (Phi) is 4.22. The molecule has 3 nitrogen and oxygen atoms in total. The maximum Gasteiger partial charge on any atom is 0.311 e. The third kappa shape index (κ3) is 2.69. The molecule has 2 atom stereocenters. The van der Waals surface area contributed by atoms with Gasteiger partial charge in [0.05, 0.1) is 18.6 Å². The van der Waals surface area contributed by atoms with Gasteiger partial charge < -0.3 is 9.47 Å². The number of carbonyl (C=O) groups is 1. The molecule has 1 rings (SSSR count). The van der Waals surface area contributed by atoms with Gasteiger partial charge in [-0.2, -0.15) is 0 Å². The summed E-state index contributed by atoms with van der Waals surface area (Å²) in [6.07, 6.45) is 4.25. The minimum absolute atomic E-state index is 0.0290. The summed E-state index contributed by atoms with van der Waals surface area (Å²) in [5, 5.41) is 0. The highest BCUT2D eigenvalue weighted by atomic mass is 16.5. The quantitative estimate of drug-likeness (QED) is 0.630. The Hall–Kier alpha value is -0.570. The number of carbonyl (C=O) groups excluding carboxylic acids is 1. The zero-order valence-corrected chi connectivity index (χ0v) is 8.41. The van der Waals surface area contributed by atoms with Gasteiger partial charge in [0.1, 0.15) is 0 Å². The molecule has 0 aromatic rings. The van der Waals surface area contributed by atoms with E-state index in [2.05, 4.69) is 0 Å². The van der Waals surface area contributed by atoms with E-state index in [0.717, 1.165) is 25.7 Å². The molecule has 0 saturated heterocycles. The number of methoxy groups -OCH3 is 1. The molecule has 3 heteroatoms. The number of ether oxygens (including phenoxy) is 2. The van der Waals surface area contributed by atoms with Crippen molar-refractivity contribution in [3.05, 3.63) is 0 Å². The Balaban J connectivity index is 2.48. The van der Waals surface area contributed by atoms with E-state index in [1.807, 2.05) is 6.92 Å². The predicted octanol–water partition coefficient (Wildman–Crippen LogP) is 1.75. The fraction of sp³-hybridized carbons (Fsp3) is 0.900. The van der Waals surface area contributed by atoms with Crippen molar-refractivity contribution in [3.63, 3.8) is 0 Å². The van der Waals surface area contributed by atoms with Crippen LogP contribution in [0.2, 0.25) is 0 Å². The first-order chi connectivity index (χ1) is 6.29. The minimum Gasteiger partial charge on any atom is -0.466 e. The van der Waals surface area contributed by atoms with Gasteiger partial charge >= 0.3 is 5.97 Å². The van der Waals surface area contributed by atoms with Gasteiger partial charge in [-0.15, -0.1) is 0 Å². The Morgan fingerprint density at radius 2 is 2.08 bits per heavy atom. The van der Waals surface area contributed by atoms with E-state index in [9.17, 15) is 4.79 Å². The molecular formula is C10H18O3. The molecule has 1 fully saturated rings. The smallest absolute Gasteiger partial charge is 0.311 e. The molecule has 0 aromatic carbocycles. The third-order valence-electron chi connectivity index (χ3n) is 2.59. The van der Waals surface area contributed by atoms with Crippen molar-refractivity contribution < 1.29 is 14.3 Å². The Morgan fingerprint density at radius 3 is 2.69 bits per heavy atom. The average Bonchev–Trinajstić information content (AvgIpc) is 2.18. The number of rotatable bonds is 3. The van der Waals surface area contributed by atoms with Gasteiger partial charge in [0.15, 0.2) is 0 Å². The van der Waals surface area contributed by atoms with E-state index in [4.69, 9.17) is 9.47 Å². The minimum atomic E-state index is -0.0888. The highest BCUT2D eigenvalue weighted by Gasteiger charge is 2.31. The van der Waals surface area contributed by atoms with Crippen LogP contribution < -0.4 is 0 Å². The summed E-state index contributed by atoms with van der Waals surface area (Å²) in [7, 11) is 1.67. The molecule has 2 unspecified atom stereocenters. The van der Waals surface area contributed by atoms with Crippen LogP contribution in [-0.2, 0) is 14.3 Å². The molecule has 76 valence electrons. The van der Waals surface area contributed by atoms with Crippen LogP contribution in [0.1, 0.15) is 32.6 Å². The topological polar surface area (TPSA) is 35.5 Å². The first kappa shape index (κ1) is 10.5. The van der Waals surface area contributed by atoms with E-state index >= 15 is 0 Å². The molecule has 0 heterocycles. The van der Waals surface area contributed by atoms with E-state index < -0.39 is 0 Å². The van der Waals surface area contributed by atoms with Gasteiger partial charge in [0, 0.05) is 7.11 Å². The normalized spacial score (nSPS) is 28.5. The van der Waals surface area contributed by atoms with E-state index in [1.54, 1.807) is 7.11 Å². The van der Waals surface area contributed by atoms with Crippen LogP contribution in [0.15, 0.2) is 0 Å². The van der Waals surface area contributed by atoms with Crippen molar-refractivity contribution in [2.24, 2.45) is 5.92 Å². The number of hydrogen-bond donors (Lipinski definition) is 0. The highest BCUT2D eigenvalue weighted by Crippen LogP contribution is 2.27. The van der Waals surface area contributed by atoms with Crippen LogP contribution in [-0.4, -0.2) is 25.8 Å². The SMILES string of the molecule is CCOC(=O)C1CCCCC1OC. The molecule has 0 aliphatic heterocycles. The molecule has 1 saturated carbocycles. The lowest BCUT2D eigenvalue weighted by atomic mass is 9.86. The lowest BCUT2D eigenvalue weighted by Gasteiger charge is -2.28. The summed E-state index contributed by atoms with van der Waals surface area (Å²) in [6.45, 7) is 2.30. The van der Waals surface area contributed by atoms with E-state index in [1.165, 1.54) is 0 Å². The monoisotopic (exact) mass is 186 g/mol. The van der Waals surface area contributed by atoms with Crippen LogP contribution in [0, 0.1) is 5.92 Å². The zero-order chi connectivity index (χ0) is 9.68. The van der Waals surface area contributed by atoms with Gasteiger partial charge in [-0.1, -0.05) is 12.8 Å². The number of hydrogen-bond acceptors (Lipinski definition) is 3. The van der Waals surface area contributed by atoms with Crippen molar-refractivity contribution in [1.82, 2.24) is 0 Å². The third-order valence-corrected chi connectivity index (χ3v) is 2.59.